The van der Waals surface area contributed by atoms with Crippen LogP contribution in [0, 0.1) is 0 Å². The smallest absolute Gasteiger partial charge is 0.277 e. The Balaban J connectivity index is 1.54. The van der Waals surface area contributed by atoms with Gasteiger partial charge in [-0.3, -0.25) is 0 Å². The average molecular weight is 420 g/mol. The third-order valence-corrected chi connectivity index (χ3v) is 6.03. The summed E-state index contributed by atoms with van der Waals surface area (Å²) in [5.41, 5.74) is 5.74. The van der Waals surface area contributed by atoms with Gasteiger partial charge in [0, 0.05) is 24.2 Å². The molecule has 11 heteroatoms. The number of thioether (sulfide) groups is 1. The second-order valence-electron chi connectivity index (χ2n) is 5.71. The third kappa shape index (κ3) is 3.68. The standard InChI is InChI=1S/C16H14ClN7OS2/c1-24(2)15-20-10(19-14(18)21-15)7-26-16-23-22-13(25-16)12-11(17)8-5-3-4-6-9(8)27-12/h3-6H,7H2,1-2H3,(H2,18,19,20,21). The summed E-state index contributed by atoms with van der Waals surface area (Å²) >= 11 is 9.31. The summed E-state index contributed by atoms with van der Waals surface area (Å²) in [5, 5.41) is 10.2. The number of nitrogens with two attached hydrogens (primary N) is 1. The molecule has 4 rings (SSSR count). The zero-order valence-corrected chi connectivity index (χ0v) is 16.8. The van der Waals surface area contributed by atoms with E-state index in [-0.39, 0.29) is 5.95 Å². The lowest BCUT2D eigenvalue weighted by atomic mass is 10.2. The molecule has 138 valence electrons. The molecule has 1 aromatic carbocycles. The Morgan fingerprint density at radius 2 is 2.00 bits per heavy atom. The largest absolute Gasteiger partial charge is 0.410 e. The van der Waals surface area contributed by atoms with E-state index in [4.69, 9.17) is 21.8 Å². The summed E-state index contributed by atoms with van der Waals surface area (Å²) in [6, 6.07) is 7.89. The van der Waals surface area contributed by atoms with E-state index >= 15 is 0 Å². The van der Waals surface area contributed by atoms with Crippen LogP contribution < -0.4 is 10.6 Å². The Morgan fingerprint density at radius 3 is 2.78 bits per heavy atom. The van der Waals surface area contributed by atoms with Crippen molar-refractivity contribution in [2.45, 2.75) is 11.0 Å². The highest BCUT2D eigenvalue weighted by molar-refractivity contribution is 7.98. The number of benzene rings is 1. The SMILES string of the molecule is CN(C)c1nc(N)nc(CSc2nnc(-c3sc4ccccc4c3Cl)o2)n1. The van der Waals surface area contributed by atoms with Gasteiger partial charge in [-0.15, -0.1) is 21.5 Å². The fraction of sp³-hybridized carbons (Fsp3) is 0.188. The van der Waals surface area contributed by atoms with Crippen molar-refractivity contribution in [3.8, 4) is 10.8 Å². The Bertz CT molecular complexity index is 1110. The summed E-state index contributed by atoms with van der Waals surface area (Å²) in [6.45, 7) is 0. The van der Waals surface area contributed by atoms with Gasteiger partial charge in [0.1, 0.15) is 10.7 Å². The van der Waals surface area contributed by atoms with Gasteiger partial charge < -0.3 is 15.1 Å². The van der Waals surface area contributed by atoms with Gasteiger partial charge in [0.25, 0.3) is 11.1 Å². The van der Waals surface area contributed by atoms with Crippen LogP contribution in [0.3, 0.4) is 0 Å². The number of hydrogen-bond acceptors (Lipinski definition) is 10. The molecule has 0 bridgehead atoms. The topological polar surface area (TPSA) is 107 Å². The molecule has 0 saturated carbocycles. The molecule has 3 aromatic heterocycles. The Kier molecular flexibility index (Phi) is 4.85. The van der Waals surface area contributed by atoms with Gasteiger partial charge >= 0.3 is 0 Å². The monoisotopic (exact) mass is 419 g/mol. The predicted molar refractivity (Wildman–Crippen MR) is 108 cm³/mol. The second-order valence-corrected chi connectivity index (χ2v) is 8.06. The Labute approximate surface area is 167 Å². The molecule has 8 nitrogen and oxygen atoms in total. The molecule has 0 atom stereocenters. The van der Waals surface area contributed by atoms with Crippen molar-refractivity contribution in [3.05, 3.63) is 35.1 Å². The molecule has 0 spiro atoms. The zero-order chi connectivity index (χ0) is 19.0. The second kappa shape index (κ2) is 7.29. The number of aromatic nitrogens is 5. The zero-order valence-electron chi connectivity index (χ0n) is 14.4. The van der Waals surface area contributed by atoms with E-state index < -0.39 is 0 Å². The van der Waals surface area contributed by atoms with Crippen LogP contribution in [0.2, 0.25) is 5.02 Å². The maximum absolute atomic E-state index is 6.47. The number of fused-ring (bicyclic) bond motifs is 1. The first-order chi connectivity index (χ1) is 13.0. The van der Waals surface area contributed by atoms with E-state index in [1.54, 1.807) is 4.90 Å². The van der Waals surface area contributed by atoms with Crippen molar-refractivity contribution in [2.24, 2.45) is 0 Å². The predicted octanol–water partition coefficient (Wildman–Crippen LogP) is 3.73. The summed E-state index contributed by atoms with van der Waals surface area (Å²) in [5.74, 6) is 2.03. The highest BCUT2D eigenvalue weighted by Gasteiger charge is 2.18. The van der Waals surface area contributed by atoms with Gasteiger partial charge in [-0.1, -0.05) is 41.6 Å². The van der Waals surface area contributed by atoms with Crippen LogP contribution >= 0.6 is 34.7 Å². The van der Waals surface area contributed by atoms with Crippen LogP contribution in [0.5, 0.6) is 0 Å². The van der Waals surface area contributed by atoms with Crippen molar-refractivity contribution in [1.82, 2.24) is 25.1 Å². The Morgan fingerprint density at radius 1 is 1.19 bits per heavy atom. The number of anilines is 2. The van der Waals surface area contributed by atoms with E-state index in [1.165, 1.54) is 23.1 Å². The van der Waals surface area contributed by atoms with Crippen molar-refractivity contribution in [1.29, 1.82) is 0 Å². The van der Waals surface area contributed by atoms with E-state index in [1.807, 2.05) is 38.4 Å². The van der Waals surface area contributed by atoms with Gasteiger partial charge in [0.15, 0.2) is 0 Å². The van der Waals surface area contributed by atoms with Gasteiger partial charge in [0.05, 0.1) is 10.8 Å². The lowest BCUT2D eigenvalue weighted by molar-refractivity contribution is 0.466. The summed E-state index contributed by atoms with van der Waals surface area (Å²) in [6.07, 6.45) is 0. The lowest BCUT2D eigenvalue weighted by Gasteiger charge is -2.10. The first kappa shape index (κ1) is 18.0. The van der Waals surface area contributed by atoms with Crippen molar-refractivity contribution in [2.75, 3.05) is 24.7 Å². The molecule has 0 unspecified atom stereocenters. The van der Waals surface area contributed by atoms with Crippen LogP contribution in [0.15, 0.2) is 33.9 Å². The van der Waals surface area contributed by atoms with Gasteiger partial charge in [-0.2, -0.15) is 15.0 Å². The van der Waals surface area contributed by atoms with Crippen LogP contribution in [-0.2, 0) is 5.75 Å². The molecule has 0 radical (unpaired) electrons. The van der Waals surface area contributed by atoms with Crippen LogP contribution in [0.25, 0.3) is 20.9 Å². The minimum Gasteiger partial charge on any atom is -0.410 e. The number of nitrogens with zero attached hydrogens (tertiary/aromatic N) is 6. The normalized spacial score (nSPS) is 11.2. The quantitative estimate of drug-likeness (QED) is 0.484. The molecule has 4 aromatic rings. The van der Waals surface area contributed by atoms with E-state index in [0.717, 1.165) is 15.0 Å². The molecule has 3 heterocycles. The van der Waals surface area contributed by atoms with Crippen molar-refractivity contribution in [3.63, 3.8) is 0 Å². The average Bonchev–Trinajstić information content (AvgIpc) is 3.24. The molecular weight excluding hydrogens is 406 g/mol. The minimum atomic E-state index is 0.174. The molecule has 2 N–H and O–H groups in total. The summed E-state index contributed by atoms with van der Waals surface area (Å²) < 4.78 is 6.83. The molecule has 0 aliphatic carbocycles. The maximum atomic E-state index is 6.47. The first-order valence-corrected chi connectivity index (χ1v) is 10.0. The molecule has 0 aliphatic rings. The molecule has 0 aliphatic heterocycles. The minimum absolute atomic E-state index is 0.174. The first-order valence-electron chi connectivity index (χ1n) is 7.82. The van der Waals surface area contributed by atoms with E-state index in [0.29, 0.717) is 33.7 Å². The summed E-state index contributed by atoms with van der Waals surface area (Å²) in [7, 11) is 3.68. The van der Waals surface area contributed by atoms with Crippen molar-refractivity contribution >= 4 is 56.7 Å². The fourth-order valence-electron chi connectivity index (χ4n) is 2.33. The van der Waals surface area contributed by atoms with Crippen LogP contribution in [-0.4, -0.2) is 39.2 Å². The number of rotatable bonds is 5. The van der Waals surface area contributed by atoms with Crippen LogP contribution in [0.4, 0.5) is 11.9 Å². The number of hydrogen-bond donors (Lipinski definition) is 1. The van der Waals surface area contributed by atoms with E-state index in [9.17, 15) is 0 Å². The lowest BCUT2D eigenvalue weighted by Crippen LogP contribution is -2.15. The maximum Gasteiger partial charge on any atom is 0.277 e. The molecule has 0 fully saturated rings. The highest BCUT2D eigenvalue weighted by Crippen LogP contribution is 2.41. The molecule has 27 heavy (non-hydrogen) atoms. The van der Waals surface area contributed by atoms with Gasteiger partial charge in [0.2, 0.25) is 11.9 Å². The third-order valence-electron chi connectivity index (χ3n) is 3.55. The molecule has 0 amide bonds. The molecule has 0 saturated heterocycles. The van der Waals surface area contributed by atoms with E-state index in [2.05, 4.69) is 25.1 Å². The van der Waals surface area contributed by atoms with Crippen LogP contribution in [0.1, 0.15) is 5.82 Å². The molecular formula is C16H14ClN7OS2. The van der Waals surface area contributed by atoms with Crippen molar-refractivity contribution < 1.29 is 4.42 Å². The van der Waals surface area contributed by atoms with Gasteiger partial charge in [-0.25, -0.2) is 0 Å². The summed E-state index contributed by atoms with van der Waals surface area (Å²) in [4.78, 5) is 15.1. The number of halogens is 1. The fourth-order valence-corrected chi connectivity index (χ4v) is 4.38. The number of thiophene rings is 1. The number of nitrogen functional groups attached to an aromatic ring is 1. The highest BCUT2D eigenvalue weighted by atomic mass is 35.5. The Hall–Kier alpha value is -2.43. The van der Waals surface area contributed by atoms with Gasteiger partial charge in [-0.05, 0) is 6.07 Å².